The highest BCUT2D eigenvalue weighted by Gasteiger charge is 2.19. The SMILES string of the molecule is NC(=O)c1cccc(CS(=O)(=O)c2ccc(Br)cc2N)c1. The van der Waals surface area contributed by atoms with E-state index in [1.54, 1.807) is 18.2 Å². The number of hydrogen-bond donors (Lipinski definition) is 2. The minimum absolute atomic E-state index is 0.0650. The highest BCUT2D eigenvalue weighted by Crippen LogP contribution is 2.25. The van der Waals surface area contributed by atoms with Gasteiger partial charge in [-0.05, 0) is 35.9 Å². The normalized spacial score (nSPS) is 11.3. The number of carbonyl (C=O) groups excluding carboxylic acids is 1. The van der Waals surface area contributed by atoms with E-state index in [0.717, 1.165) is 0 Å². The van der Waals surface area contributed by atoms with Crippen LogP contribution in [0.25, 0.3) is 0 Å². The fourth-order valence-electron chi connectivity index (χ4n) is 1.91. The molecule has 0 radical (unpaired) electrons. The third kappa shape index (κ3) is 3.62. The summed E-state index contributed by atoms with van der Waals surface area (Å²) in [7, 11) is -3.60. The molecule has 0 aliphatic rings. The van der Waals surface area contributed by atoms with Crippen molar-refractivity contribution in [3.05, 3.63) is 58.1 Å². The molecule has 21 heavy (non-hydrogen) atoms. The Labute approximate surface area is 131 Å². The van der Waals surface area contributed by atoms with Crippen molar-refractivity contribution in [3.63, 3.8) is 0 Å². The van der Waals surface area contributed by atoms with E-state index in [2.05, 4.69) is 15.9 Å². The Morgan fingerprint density at radius 3 is 2.48 bits per heavy atom. The van der Waals surface area contributed by atoms with Gasteiger partial charge >= 0.3 is 0 Å². The standard InChI is InChI=1S/C14H13BrN2O3S/c15-11-4-5-13(12(16)7-11)21(19,20)8-9-2-1-3-10(6-9)14(17)18/h1-7H,8,16H2,(H2,17,18). The van der Waals surface area contributed by atoms with Crippen molar-refractivity contribution in [1.82, 2.24) is 0 Å². The van der Waals surface area contributed by atoms with E-state index in [1.807, 2.05) is 0 Å². The zero-order valence-electron chi connectivity index (χ0n) is 10.9. The third-order valence-electron chi connectivity index (χ3n) is 2.88. The second-order valence-corrected chi connectivity index (χ2v) is 7.38. The molecule has 0 aliphatic carbocycles. The van der Waals surface area contributed by atoms with Gasteiger partial charge in [-0.25, -0.2) is 8.42 Å². The first-order valence-electron chi connectivity index (χ1n) is 5.96. The summed E-state index contributed by atoms with van der Waals surface area (Å²) in [6.45, 7) is 0. The largest absolute Gasteiger partial charge is 0.398 e. The first-order valence-corrected chi connectivity index (χ1v) is 8.40. The minimum Gasteiger partial charge on any atom is -0.398 e. The maximum Gasteiger partial charge on any atom is 0.248 e. The van der Waals surface area contributed by atoms with Gasteiger partial charge in [-0.2, -0.15) is 0 Å². The highest BCUT2D eigenvalue weighted by molar-refractivity contribution is 9.10. The van der Waals surface area contributed by atoms with E-state index in [1.165, 1.54) is 24.3 Å². The highest BCUT2D eigenvalue weighted by atomic mass is 79.9. The molecule has 0 spiro atoms. The second kappa shape index (κ2) is 5.87. The number of hydrogen-bond acceptors (Lipinski definition) is 4. The number of halogens is 1. The lowest BCUT2D eigenvalue weighted by molar-refractivity contribution is 0.1000. The van der Waals surface area contributed by atoms with Crippen LogP contribution in [0.4, 0.5) is 5.69 Å². The Bertz CT molecular complexity index is 804. The van der Waals surface area contributed by atoms with Gasteiger partial charge in [-0.3, -0.25) is 4.79 Å². The Morgan fingerprint density at radius 2 is 1.86 bits per heavy atom. The Hall–Kier alpha value is -1.86. The molecule has 2 rings (SSSR count). The lowest BCUT2D eigenvalue weighted by atomic mass is 10.1. The van der Waals surface area contributed by atoms with E-state index < -0.39 is 15.7 Å². The van der Waals surface area contributed by atoms with Crippen LogP contribution in [0, 0.1) is 0 Å². The van der Waals surface area contributed by atoms with Crippen molar-refractivity contribution in [3.8, 4) is 0 Å². The van der Waals surface area contributed by atoms with Gasteiger partial charge in [0.2, 0.25) is 5.91 Å². The average Bonchev–Trinajstić information content (AvgIpc) is 2.37. The molecule has 0 aliphatic heterocycles. The van der Waals surface area contributed by atoms with Crippen LogP contribution < -0.4 is 11.5 Å². The molecule has 0 heterocycles. The number of benzene rings is 2. The number of nitrogen functional groups attached to an aromatic ring is 1. The molecule has 7 heteroatoms. The van der Waals surface area contributed by atoms with Crippen LogP contribution in [0.3, 0.4) is 0 Å². The quantitative estimate of drug-likeness (QED) is 0.806. The summed E-state index contributed by atoms with van der Waals surface area (Å²) in [6.07, 6.45) is 0. The average molecular weight is 369 g/mol. The van der Waals surface area contributed by atoms with Crippen molar-refractivity contribution >= 4 is 37.4 Å². The molecule has 4 N–H and O–H groups in total. The molecular formula is C14H13BrN2O3S. The summed E-state index contributed by atoms with van der Waals surface area (Å²) < 4.78 is 25.5. The van der Waals surface area contributed by atoms with E-state index in [-0.39, 0.29) is 21.9 Å². The predicted molar refractivity (Wildman–Crippen MR) is 84.4 cm³/mol. The van der Waals surface area contributed by atoms with Crippen LogP contribution in [0.1, 0.15) is 15.9 Å². The molecule has 0 unspecified atom stereocenters. The van der Waals surface area contributed by atoms with Gasteiger partial charge in [0, 0.05) is 10.0 Å². The second-order valence-electron chi connectivity index (χ2n) is 4.51. The summed E-state index contributed by atoms with van der Waals surface area (Å²) >= 11 is 3.23. The smallest absolute Gasteiger partial charge is 0.248 e. The van der Waals surface area contributed by atoms with Gasteiger partial charge < -0.3 is 11.5 Å². The van der Waals surface area contributed by atoms with Crippen molar-refractivity contribution < 1.29 is 13.2 Å². The first-order chi connectivity index (χ1) is 9.79. The van der Waals surface area contributed by atoms with Crippen LogP contribution >= 0.6 is 15.9 Å². The lowest BCUT2D eigenvalue weighted by Gasteiger charge is -2.08. The van der Waals surface area contributed by atoms with Gasteiger partial charge in [0.25, 0.3) is 0 Å². The van der Waals surface area contributed by atoms with Crippen LogP contribution in [0.5, 0.6) is 0 Å². The van der Waals surface area contributed by atoms with Crippen LogP contribution in [-0.4, -0.2) is 14.3 Å². The number of primary amides is 1. The van der Waals surface area contributed by atoms with Crippen molar-refractivity contribution in [2.24, 2.45) is 5.73 Å². The van der Waals surface area contributed by atoms with E-state index in [9.17, 15) is 13.2 Å². The third-order valence-corrected chi connectivity index (χ3v) is 5.12. The minimum atomic E-state index is -3.60. The molecule has 0 saturated carbocycles. The molecule has 0 fully saturated rings. The van der Waals surface area contributed by atoms with Gasteiger partial charge in [0.05, 0.1) is 16.3 Å². The van der Waals surface area contributed by atoms with Crippen LogP contribution in [0.15, 0.2) is 51.8 Å². The Morgan fingerprint density at radius 1 is 1.14 bits per heavy atom. The summed E-state index contributed by atoms with van der Waals surface area (Å²) in [5, 5.41) is 0. The van der Waals surface area contributed by atoms with Crippen molar-refractivity contribution in [2.45, 2.75) is 10.6 Å². The van der Waals surface area contributed by atoms with Gasteiger partial charge in [0.1, 0.15) is 0 Å². The number of carbonyl (C=O) groups is 1. The zero-order chi connectivity index (χ0) is 15.6. The number of sulfone groups is 1. The zero-order valence-corrected chi connectivity index (χ0v) is 13.3. The fraction of sp³-hybridized carbons (Fsp3) is 0.0714. The van der Waals surface area contributed by atoms with E-state index >= 15 is 0 Å². The topological polar surface area (TPSA) is 103 Å². The number of amides is 1. The van der Waals surface area contributed by atoms with Crippen molar-refractivity contribution in [1.29, 1.82) is 0 Å². The number of nitrogens with two attached hydrogens (primary N) is 2. The molecule has 0 bridgehead atoms. The Kier molecular flexibility index (Phi) is 4.34. The van der Waals surface area contributed by atoms with Crippen LogP contribution in [0.2, 0.25) is 0 Å². The monoisotopic (exact) mass is 368 g/mol. The lowest BCUT2D eigenvalue weighted by Crippen LogP contribution is -2.12. The molecule has 0 saturated heterocycles. The van der Waals surface area contributed by atoms with Gasteiger partial charge in [0.15, 0.2) is 9.84 Å². The number of anilines is 1. The molecule has 5 nitrogen and oxygen atoms in total. The molecular weight excluding hydrogens is 356 g/mol. The predicted octanol–water partition coefficient (Wildman–Crippen LogP) is 2.10. The van der Waals surface area contributed by atoms with Crippen LogP contribution in [-0.2, 0) is 15.6 Å². The molecule has 110 valence electrons. The van der Waals surface area contributed by atoms with Crippen molar-refractivity contribution in [2.75, 3.05) is 5.73 Å². The summed E-state index contributed by atoms with van der Waals surface area (Å²) in [5.74, 6) is -0.850. The molecule has 0 aromatic heterocycles. The molecule has 1 amide bonds. The molecule has 2 aromatic carbocycles. The summed E-state index contributed by atoms with van der Waals surface area (Å²) in [5.41, 5.74) is 11.9. The van der Waals surface area contributed by atoms with E-state index in [0.29, 0.717) is 10.0 Å². The maximum absolute atomic E-state index is 12.4. The van der Waals surface area contributed by atoms with E-state index in [4.69, 9.17) is 11.5 Å². The number of rotatable bonds is 4. The summed E-state index contributed by atoms with van der Waals surface area (Å²) in [6, 6.07) is 10.8. The van der Waals surface area contributed by atoms with Gasteiger partial charge in [-0.1, -0.05) is 28.1 Å². The molecule has 2 aromatic rings. The Balaban J connectivity index is 2.37. The molecule has 0 atom stereocenters. The summed E-state index contributed by atoms with van der Waals surface area (Å²) in [4.78, 5) is 11.2. The first kappa shape index (κ1) is 15.5. The van der Waals surface area contributed by atoms with Gasteiger partial charge in [-0.15, -0.1) is 0 Å². The fourth-order valence-corrected chi connectivity index (χ4v) is 3.76. The maximum atomic E-state index is 12.4.